The summed E-state index contributed by atoms with van der Waals surface area (Å²) in [6, 6.07) is 10.6. The number of sulfonamides is 1. The third-order valence-electron chi connectivity index (χ3n) is 3.64. The van der Waals surface area contributed by atoms with Crippen LogP contribution in [0.4, 0.5) is 5.69 Å². The molecule has 1 amide bonds. The lowest BCUT2D eigenvalue weighted by Crippen LogP contribution is -2.25. The largest absolute Gasteiger partial charge is 0.454 e. The van der Waals surface area contributed by atoms with E-state index in [1.54, 1.807) is 18.2 Å². The Morgan fingerprint density at radius 2 is 1.80 bits per heavy atom. The highest BCUT2D eigenvalue weighted by atomic mass is 32.2. The molecular formula is C16H16N2O6S. The van der Waals surface area contributed by atoms with Crippen molar-refractivity contribution in [3.63, 3.8) is 0 Å². The molecule has 9 heteroatoms. The number of nitrogens with one attached hydrogen (secondary N) is 1. The predicted octanol–water partition coefficient (Wildman–Crippen LogP) is 1.85. The highest BCUT2D eigenvalue weighted by Crippen LogP contribution is 2.32. The van der Waals surface area contributed by atoms with Crippen LogP contribution in [0.25, 0.3) is 0 Å². The van der Waals surface area contributed by atoms with E-state index in [1.807, 2.05) is 0 Å². The van der Waals surface area contributed by atoms with Gasteiger partial charge in [0.25, 0.3) is 15.9 Å². The van der Waals surface area contributed by atoms with Crippen LogP contribution >= 0.6 is 0 Å². The number of carbonyl (C=O) groups excluding carboxylic acids is 1. The molecular weight excluding hydrogens is 348 g/mol. The van der Waals surface area contributed by atoms with Crippen LogP contribution in [0.15, 0.2) is 47.4 Å². The first-order valence-electron chi connectivity index (χ1n) is 7.26. The molecule has 0 aromatic heterocycles. The average Bonchev–Trinajstić information content (AvgIpc) is 3.09. The molecule has 0 atom stereocenters. The Hall–Kier alpha value is -2.62. The molecule has 0 unspecified atom stereocenters. The summed E-state index contributed by atoms with van der Waals surface area (Å²) in [5, 5.41) is 2.70. The van der Waals surface area contributed by atoms with Gasteiger partial charge in [-0.1, -0.05) is 4.47 Å². The van der Waals surface area contributed by atoms with Gasteiger partial charge in [0, 0.05) is 18.3 Å². The van der Waals surface area contributed by atoms with Crippen LogP contribution in [0.5, 0.6) is 11.5 Å². The minimum absolute atomic E-state index is 0.0536. The molecule has 2 aromatic carbocycles. The second-order valence-electron chi connectivity index (χ2n) is 5.14. The van der Waals surface area contributed by atoms with Crippen LogP contribution in [0.2, 0.25) is 0 Å². The summed E-state index contributed by atoms with van der Waals surface area (Å²) in [4.78, 5) is 17.1. The van der Waals surface area contributed by atoms with E-state index in [0.717, 1.165) is 4.47 Å². The molecule has 1 N–H and O–H groups in total. The van der Waals surface area contributed by atoms with Crippen LogP contribution in [0, 0.1) is 0 Å². The maximum absolute atomic E-state index is 12.3. The zero-order valence-corrected chi connectivity index (χ0v) is 14.4. The van der Waals surface area contributed by atoms with E-state index in [0.29, 0.717) is 22.7 Å². The Kier molecular flexibility index (Phi) is 4.62. The Morgan fingerprint density at radius 1 is 1.12 bits per heavy atom. The minimum atomic E-state index is -3.73. The number of anilines is 1. The van der Waals surface area contributed by atoms with E-state index in [4.69, 9.17) is 14.3 Å². The van der Waals surface area contributed by atoms with Gasteiger partial charge in [0.1, 0.15) is 0 Å². The van der Waals surface area contributed by atoms with Gasteiger partial charge < -0.3 is 14.8 Å². The molecule has 0 aliphatic carbocycles. The molecule has 25 heavy (non-hydrogen) atoms. The first kappa shape index (κ1) is 17.2. The van der Waals surface area contributed by atoms with Crippen LogP contribution < -0.4 is 14.8 Å². The number of carbonyl (C=O) groups is 1. The zero-order chi connectivity index (χ0) is 18.0. The number of nitrogens with zero attached hydrogens (tertiary/aromatic N) is 1. The molecule has 0 bridgehead atoms. The molecule has 3 rings (SSSR count). The third-order valence-corrected chi connectivity index (χ3v) is 5.33. The molecule has 132 valence electrons. The fraction of sp³-hybridized carbons (Fsp3) is 0.188. The van der Waals surface area contributed by atoms with Crippen molar-refractivity contribution in [3.8, 4) is 11.5 Å². The number of benzene rings is 2. The van der Waals surface area contributed by atoms with Crippen molar-refractivity contribution < 1.29 is 27.5 Å². The van der Waals surface area contributed by atoms with Gasteiger partial charge in [0.05, 0.1) is 12.0 Å². The van der Waals surface area contributed by atoms with Crippen molar-refractivity contribution in [2.45, 2.75) is 4.90 Å². The fourth-order valence-electron chi connectivity index (χ4n) is 2.20. The number of rotatable bonds is 5. The molecule has 1 aliphatic heterocycles. The molecule has 0 spiro atoms. The van der Waals surface area contributed by atoms with Crippen molar-refractivity contribution in [3.05, 3.63) is 48.0 Å². The molecule has 0 fully saturated rings. The topological polar surface area (TPSA) is 94.2 Å². The van der Waals surface area contributed by atoms with Gasteiger partial charge in [-0.15, -0.1) is 0 Å². The smallest absolute Gasteiger partial charge is 0.264 e. The zero-order valence-electron chi connectivity index (χ0n) is 13.6. The van der Waals surface area contributed by atoms with Crippen molar-refractivity contribution in [1.82, 2.24) is 4.47 Å². The monoisotopic (exact) mass is 364 g/mol. The molecule has 1 heterocycles. The van der Waals surface area contributed by atoms with Crippen LogP contribution in [0.1, 0.15) is 10.4 Å². The summed E-state index contributed by atoms with van der Waals surface area (Å²) in [5.74, 6) is 0.757. The summed E-state index contributed by atoms with van der Waals surface area (Å²) in [6.07, 6.45) is 0. The highest BCUT2D eigenvalue weighted by molar-refractivity contribution is 7.89. The lowest BCUT2D eigenvalue weighted by Gasteiger charge is -2.14. The van der Waals surface area contributed by atoms with Crippen LogP contribution in [-0.4, -0.2) is 39.7 Å². The Morgan fingerprint density at radius 3 is 2.48 bits per heavy atom. The maximum Gasteiger partial charge on any atom is 0.264 e. The summed E-state index contributed by atoms with van der Waals surface area (Å²) in [7, 11) is -1.17. The number of fused-ring (bicyclic) bond motifs is 1. The third kappa shape index (κ3) is 3.43. The number of ether oxygens (including phenoxy) is 2. The standard InChI is InChI=1S/C16H16N2O6S/c1-18(22-2)25(20,21)13-6-4-12(5-7-13)17-16(19)11-3-8-14-15(9-11)24-10-23-14/h3-9H,10H2,1-2H3,(H,17,19). The number of hydrogen-bond donors (Lipinski definition) is 1. The SMILES string of the molecule is CON(C)S(=O)(=O)c1ccc(NC(=O)c2ccc3c(c2)OCO3)cc1. The van der Waals surface area contributed by atoms with E-state index in [9.17, 15) is 13.2 Å². The van der Waals surface area contributed by atoms with Crippen LogP contribution in [-0.2, 0) is 14.9 Å². The number of hydroxylamine groups is 1. The summed E-state index contributed by atoms with van der Waals surface area (Å²) in [6.45, 7) is 0.131. The van der Waals surface area contributed by atoms with Crippen molar-refractivity contribution in [2.75, 3.05) is 26.3 Å². The summed E-state index contributed by atoms with van der Waals surface area (Å²) in [5.41, 5.74) is 0.863. The second-order valence-corrected chi connectivity index (χ2v) is 7.08. The van der Waals surface area contributed by atoms with Crippen molar-refractivity contribution in [1.29, 1.82) is 0 Å². The summed E-state index contributed by atoms with van der Waals surface area (Å²) < 4.78 is 35.4. The lowest BCUT2D eigenvalue weighted by atomic mass is 10.2. The first-order chi connectivity index (χ1) is 11.9. The number of amides is 1. The molecule has 0 radical (unpaired) electrons. The highest BCUT2D eigenvalue weighted by Gasteiger charge is 2.21. The van der Waals surface area contributed by atoms with Crippen LogP contribution in [0.3, 0.4) is 0 Å². The van der Waals surface area contributed by atoms with Gasteiger partial charge in [-0.2, -0.15) is 0 Å². The van der Waals surface area contributed by atoms with Gasteiger partial charge in [0.2, 0.25) is 6.79 Å². The fourth-order valence-corrected chi connectivity index (χ4v) is 3.17. The Balaban J connectivity index is 1.74. The number of hydrogen-bond acceptors (Lipinski definition) is 6. The van der Waals surface area contributed by atoms with E-state index in [2.05, 4.69) is 5.32 Å². The maximum atomic E-state index is 12.3. The lowest BCUT2D eigenvalue weighted by molar-refractivity contribution is -0.0258. The Labute approximate surface area is 144 Å². The Bertz CT molecular complexity index is 895. The van der Waals surface area contributed by atoms with Crippen molar-refractivity contribution >= 4 is 21.6 Å². The molecule has 2 aromatic rings. The normalized spacial score (nSPS) is 13.1. The molecule has 0 saturated carbocycles. The molecule has 1 aliphatic rings. The van der Waals surface area contributed by atoms with Crippen molar-refractivity contribution in [2.24, 2.45) is 0 Å². The van der Waals surface area contributed by atoms with Gasteiger partial charge in [0.15, 0.2) is 11.5 Å². The molecule has 8 nitrogen and oxygen atoms in total. The summed E-state index contributed by atoms with van der Waals surface area (Å²) >= 11 is 0. The van der Waals surface area contributed by atoms with Gasteiger partial charge in [-0.25, -0.2) is 8.42 Å². The first-order valence-corrected chi connectivity index (χ1v) is 8.70. The molecule has 0 saturated heterocycles. The van der Waals surface area contributed by atoms with E-state index < -0.39 is 10.0 Å². The van der Waals surface area contributed by atoms with E-state index in [-0.39, 0.29) is 17.6 Å². The average molecular weight is 364 g/mol. The van der Waals surface area contributed by atoms with Gasteiger partial charge >= 0.3 is 0 Å². The quantitative estimate of drug-likeness (QED) is 0.814. The van der Waals surface area contributed by atoms with Gasteiger partial charge in [-0.05, 0) is 42.5 Å². The minimum Gasteiger partial charge on any atom is -0.454 e. The van der Waals surface area contributed by atoms with Gasteiger partial charge in [-0.3, -0.25) is 9.63 Å². The second kappa shape index (κ2) is 6.71. The van der Waals surface area contributed by atoms with E-state index >= 15 is 0 Å². The van der Waals surface area contributed by atoms with E-state index in [1.165, 1.54) is 38.4 Å². The predicted molar refractivity (Wildman–Crippen MR) is 88.9 cm³/mol.